The Morgan fingerprint density at radius 3 is 2.89 bits per heavy atom. The molecule has 1 rings (SSSR count). The van der Waals surface area contributed by atoms with E-state index >= 15 is 0 Å². The van der Waals surface area contributed by atoms with Crippen LogP contribution in [-0.2, 0) is 17.9 Å². The second-order valence-corrected chi connectivity index (χ2v) is 4.35. The van der Waals surface area contributed by atoms with Crippen molar-refractivity contribution in [3.05, 3.63) is 18.0 Å². The maximum Gasteiger partial charge on any atom is 0.304 e. The number of aromatic nitrogens is 2. The molecule has 0 fully saturated rings. The lowest BCUT2D eigenvalue weighted by atomic mass is 10.2. The molecule has 2 N–H and O–H groups in total. The maximum absolute atomic E-state index is 10.7. The van der Waals surface area contributed by atoms with E-state index in [9.17, 15) is 4.79 Å². The highest BCUT2D eigenvalue weighted by atomic mass is 16.4. The fourth-order valence-corrected chi connectivity index (χ4v) is 1.91. The van der Waals surface area contributed by atoms with E-state index in [-0.39, 0.29) is 19.1 Å². The van der Waals surface area contributed by atoms with Gasteiger partial charge in [0, 0.05) is 24.3 Å². The first kappa shape index (κ1) is 14.7. The highest BCUT2D eigenvalue weighted by Gasteiger charge is 2.16. The molecule has 0 aliphatic rings. The van der Waals surface area contributed by atoms with Crippen molar-refractivity contribution >= 4 is 5.97 Å². The van der Waals surface area contributed by atoms with Crippen LogP contribution in [0.15, 0.2) is 12.4 Å². The van der Waals surface area contributed by atoms with Crippen molar-refractivity contribution in [1.29, 1.82) is 0 Å². The van der Waals surface area contributed by atoms with E-state index in [2.05, 4.69) is 10.00 Å². The molecule has 0 bridgehead atoms. The molecule has 0 aliphatic heterocycles. The molecule has 18 heavy (non-hydrogen) atoms. The highest BCUT2D eigenvalue weighted by Crippen LogP contribution is 2.10. The number of aliphatic hydroxyl groups excluding tert-OH is 1. The molecule has 1 unspecified atom stereocenters. The van der Waals surface area contributed by atoms with Crippen LogP contribution in [0.5, 0.6) is 0 Å². The number of aliphatic carboxylic acids is 1. The van der Waals surface area contributed by atoms with E-state index in [4.69, 9.17) is 10.2 Å². The summed E-state index contributed by atoms with van der Waals surface area (Å²) in [5.41, 5.74) is 1.03. The Bertz CT molecular complexity index is 378. The number of hydrogen-bond acceptors (Lipinski definition) is 4. The van der Waals surface area contributed by atoms with Crippen molar-refractivity contribution in [1.82, 2.24) is 14.7 Å². The zero-order valence-electron chi connectivity index (χ0n) is 10.9. The van der Waals surface area contributed by atoms with E-state index in [1.54, 1.807) is 10.9 Å². The summed E-state index contributed by atoms with van der Waals surface area (Å²) in [6, 6.07) is -0.00584. The molecule has 0 saturated carbocycles. The minimum atomic E-state index is -0.781. The fraction of sp³-hybridized carbons (Fsp3) is 0.667. The number of carboxylic acids is 1. The minimum absolute atomic E-state index is 0.00584. The van der Waals surface area contributed by atoms with Gasteiger partial charge in [0.05, 0.1) is 25.8 Å². The first-order valence-electron chi connectivity index (χ1n) is 6.14. The topological polar surface area (TPSA) is 78.6 Å². The van der Waals surface area contributed by atoms with Gasteiger partial charge in [0.1, 0.15) is 0 Å². The number of nitrogens with zero attached hydrogens (tertiary/aromatic N) is 3. The molecule has 1 heterocycles. The molecule has 0 saturated heterocycles. The van der Waals surface area contributed by atoms with Gasteiger partial charge in [-0.2, -0.15) is 5.10 Å². The number of carbonyl (C=O) groups is 1. The van der Waals surface area contributed by atoms with E-state index < -0.39 is 5.97 Å². The SMILES string of the molecule is CCN(Cc1cnn(CCO)c1)C(C)CC(=O)O. The molecule has 6 heteroatoms. The largest absolute Gasteiger partial charge is 0.481 e. The number of carboxylic acid groups (broad SMARTS) is 1. The van der Waals surface area contributed by atoms with E-state index in [1.807, 2.05) is 20.0 Å². The van der Waals surface area contributed by atoms with Crippen molar-refractivity contribution in [3.63, 3.8) is 0 Å². The lowest BCUT2D eigenvalue weighted by molar-refractivity contribution is -0.138. The first-order chi connectivity index (χ1) is 8.56. The van der Waals surface area contributed by atoms with Gasteiger partial charge < -0.3 is 10.2 Å². The normalized spacial score (nSPS) is 12.9. The molecular weight excluding hydrogens is 234 g/mol. The Hall–Kier alpha value is -1.40. The Balaban J connectivity index is 2.58. The standard InChI is InChI=1S/C12H21N3O3/c1-3-14(10(2)6-12(17)18)8-11-7-13-15(9-11)4-5-16/h7,9-10,16H,3-6,8H2,1-2H3,(H,17,18). The average molecular weight is 255 g/mol. The third-order valence-corrected chi connectivity index (χ3v) is 2.90. The van der Waals surface area contributed by atoms with Gasteiger partial charge in [0.25, 0.3) is 0 Å². The second-order valence-electron chi connectivity index (χ2n) is 4.35. The predicted molar refractivity (Wildman–Crippen MR) is 67.1 cm³/mol. The average Bonchev–Trinajstić information content (AvgIpc) is 2.73. The molecular formula is C12H21N3O3. The van der Waals surface area contributed by atoms with Crippen LogP contribution in [0.4, 0.5) is 0 Å². The molecule has 1 aromatic rings. The number of aliphatic hydroxyl groups is 1. The maximum atomic E-state index is 10.7. The van der Waals surface area contributed by atoms with Gasteiger partial charge in [-0.1, -0.05) is 6.92 Å². The van der Waals surface area contributed by atoms with Crippen LogP contribution >= 0.6 is 0 Å². The smallest absolute Gasteiger partial charge is 0.304 e. The molecule has 6 nitrogen and oxygen atoms in total. The van der Waals surface area contributed by atoms with Crippen molar-refractivity contribution in [3.8, 4) is 0 Å². The summed E-state index contributed by atoms with van der Waals surface area (Å²) in [4.78, 5) is 12.8. The van der Waals surface area contributed by atoms with Crippen LogP contribution in [0, 0.1) is 0 Å². The van der Waals surface area contributed by atoms with E-state index in [0.29, 0.717) is 13.1 Å². The third kappa shape index (κ3) is 4.46. The van der Waals surface area contributed by atoms with E-state index in [1.165, 1.54) is 0 Å². The Kier molecular flexibility index (Phi) is 5.80. The van der Waals surface area contributed by atoms with Crippen molar-refractivity contribution < 1.29 is 15.0 Å². The van der Waals surface area contributed by atoms with Crippen LogP contribution in [0.3, 0.4) is 0 Å². The monoisotopic (exact) mass is 255 g/mol. The van der Waals surface area contributed by atoms with Crippen LogP contribution in [0.25, 0.3) is 0 Å². The Morgan fingerprint density at radius 2 is 2.33 bits per heavy atom. The molecule has 0 spiro atoms. The Morgan fingerprint density at radius 1 is 1.61 bits per heavy atom. The van der Waals surface area contributed by atoms with Gasteiger partial charge in [-0.25, -0.2) is 0 Å². The summed E-state index contributed by atoms with van der Waals surface area (Å²) >= 11 is 0. The van der Waals surface area contributed by atoms with Gasteiger partial charge in [0.15, 0.2) is 0 Å². The minimum Gasteiger partial charge on any atom is -0.481 e. The van der Waals surface area contributed by atoms with Crippen molar-refractivity contribution in [2.24, 2.45) is 0 Å². The summed E-state index contributed by atoms with van der Waals surface area (Å²) in [7, 11) is 0. The van der Waals surface area contributed by atoms with Crippen LogP contribution in [-0.4, -0.2) is 50.1 Å². The highest BCUT2D eigenvalue weighted by molar-refractivity contribution is 5.67. The van der Waals surface area contributed by atoms with Gasteiger partial charge in [-0.05, 0) is 13.5 Å². The second kappa shape index (κ2) is 7.13. The number of rotatable bonds is 8. The van der Waals surface area contributed by atoms with Crippen molar-refractivity contribution in [2.45, 2.75) is 39.4 Å². The summed E-state index contributed by atoms with van der Waals surface area (Å²) in [6.07, 6.45) is 3.77. The van der Waals surface area contributed by atoms with Gasteiger partial charge in [-0.15, -0.1) is 0 Å². The zero-order valence-corrected chi connectivity index (χ0v) is 10.9. The van der Waals surface area contributed by atoms with E-state index in [0.717, 1.165) is 12.1 Å². The summed E-state index contributed by atoms with van der Waals surface area (Å²) in [5, 5.41) is 21.7. The van der Waals surface area contributed by atoms with Gasteiger partial charge in [-0.3, -0.25) is 14.4 Å². The summed E-state index contributed by atoms with van der Waals surface area (Å²) in [5.74, 6) is -0.781. The first-order valence-corrected chi connectivity index (χ1v) is 6.14. The lowest BCUT2D eigenvalue weighted by Crippen LogP contribution is -2.34. The molecule has 1 aromatic heterocycles. The van der Waals surface area contributed by atoms with Crippen LogP contribution in [0.2, 0.25) is 0 Å². The Labute approximate surface area is 107 Å². The van der Waals surface area contributed by atoms with Gasteiger partial charge in [0.2, 0.25) is 0 Å². The molecule has 102 valence electrons. The molecule has 0 aromatic carbocycles. The molecule has 0 amide bonds. The molecule has 1 atom stereocenters. The quantitative estimate of drug-likeness (QED) is 0.709. The number of hydrogen-bond donors (Lipinski definition) is 2. The van der Waals surface area contributed by atoms with Crippen LogP contribution in [0.1, 0.15) is 25.8 Å². The third-order valence-electron chi connectivity index (χ3n) is 2.90. The lowest BCUT2D eigenvalue weighted by Gasteiger charge is -2.26. The summed E-state index contributed by atoms with van der Waals surface area (Å²) < 4.78 is 1.69. The fourth-order valence-electron chi connectivity index (χ4n) is 1.91. The predicted octanol–water partition coefficient (Wildman–Crippen LogP) is 0.560. The summed E-state index contributed by atoms with van der Waals surface area (Å²) in [6.45, 7) is 5.94. The van der Waals surface area contributed by atoms with Crippen molar-refractivity contribution in [2.75, 3.05) is 13.2 Å². The van der Waals surface area contributed by atoms with Crippen LogP contribution < -0.4 is 0 Å². The molecule has 0 radical (unpaired) electrons. The zero-order chi connectivity index (χ0) is 13.5. The van der Waals surface area contributed by atoms with Gasteiger partial charge >= 0.3 is 5.97 Å². The molecule has 0 aliphatic carbocycles.